The Hall–Kier alpha value is -2.17. The average molecular weight is 527 g/mol. The number of nitrogens with zero attached hydrogens (tertiary/aromatic N) is 2. The molecule has 184 valence electrons. The summed E-state index contributed by atoms with van der Waals surface area (Å²) in [6, 6.07) is 12.4. The summed E-state index contributed by atoms with van der Waals surface area (Å²) in [5.41, 5.74) is 2.02. The second kappa shape index (κ2) is 12.0. The van der Waals surface area contributed by atoms with Crippen molar-refractivity contribution in [1.82, 2.24) is 15.5 Å². The summed E-state index contributed by atoms with van der Waals surface area (Å²) in [6.45, 7) is 4.17. The summed E-state index contributed by atoms with van der Waals surface area (Å²) in [5, 5.41) is 5.82. The smallest absolute Gasteiger partial charge is 0.249 e. The summed E-state index contributed by atoms with van der Waals surface area (Å²) in [6.07, 6.45) is -0.679. The van der Waals surface area contributed by atoms with Crippen LogP contribution >= 0.6 is 23.2 Å². The fourth-order valence-electron chi connectivity index (χ4n) is 3.34. The number of sulfone groups is 1. The van der Waals surface area contributed by atoms with E-state index in [1.807, 2.05) is 31.3 Å². The van der Waals surface area contributed by atoms with E-state index >= 15 is 0 Å². The zero-order valence-electron chi connectivity index (χ0n) is 19.1. The van der Waals surface area contributed by atoms with Crippen LogP contribution in [0.4, 0.5) is 0 Å². The predicted octanol–water partition coefficient (Wildman–Crippen LogP) is 2.73. The van der Waals surface area contributed by atoms with Crippen LogP contribution in [-0.2, 0) is 25.9 Å². The Morgan fingerprint density at radius 3 is 2.62 bits per heavy atom. The Balaban J connectivity index is 1.37. The summed E-state index contributed by atoms with van der Waals surface area (Å²) in [5.74, 6) is 0.409. The fraction of sp³-hybridized carbons (Fsp3) is 0.391. The van der Waals surface area contributed by atoms with E-state index in [1.165, 1.54) is 18.2 Å². The molecule has 34 heavy (non-hydrogen) atoms. The molecule has 2 aromatic carbocycles. The number of amides is 1. The van der Waals surface area contributed by atoms with E-state index in [-0.39, 0.29) is 39.9 Å². The Labute approximate surface area is 210 Å². The molecule has 1 amide bonds. The Morgan fingerprint density at radius 2 is 1.94 bits per heavy atom. The van der Waals surface area contributed by atoms with Gasteiger partial charge in [-0.25, -0.2) is 8.42 Å². The van der Waals surface area contributed by atoms with E-state index in [1.54, 1.807) is 6.92 Å². The van der Waals surface area contributed by atoms with Crippen LogP contribution in [-0.4, -0.2) is 70.3 Å². The Bertz CT molecular complexity index is 1140. The molecular formula is C23H28Cl2N4O4S. The van der Waals surface area contributed by atoms with Gasteiger partial charge in [-0.15, -0.1) is 0 Å². The second-order valence-electron chi connectivity index (χ2n) is 7.87. The predicted molar refractivity (Wildman–Crippen MR) is 134 cm³/mol. The maximum absolute atomic E-state index is 12.4. The molecule has 0 saturated carbocycles. The number of carbonyl (C=O) groups is 1. The van der Waals surface area contributed by atoms with Crippen molar-refractivity contribution >= 4 is 44.8 Å². The molecule has 1 atom stereocenters. The van der Waals surface area contributed by atoms with Crippen LogP contribution in [0.3, 0.4) is 0 Å². The molecule has 0 bridgehead atoms. The monoisotopic (exact) mass is 526 g/mol. The molecule has 8 nitrogen and oxygen atoms in total. The fourth-order valence-corrected chi connectivity index (χ4v) is 5.29. The molecule has 1 heterocycles. The van der Waals surface area contributed by atoms with Gasteiger partial charge in [0.1, 0.15) is 17.8 Å². The molecule has 0 fully saturated rings. The molecule has 1 unspecified atom stereocenters. The Kier molecular flexibility index (Phi) is 9.32. The van der Waals surface area contributed by atoms with Gasteiger partial charge in [0.15, 0.2) is 9.84 Å². The van der Waals surface area contributed by atoms with Crippen molar-refractivity contribution in [3.63, 3.8) is 0 Å². The van der Waals surface area contributed by atoms with Gasteiger partial charge < -0.3 is 20.3 Å². The molecule has 2 aromatic rings. The van der Waals surface area contributed by atoms with Crippen molar-refractivity contribution in [2.24, 2.45) is 4.99 Å². The first-order chi connectivity index (χ1) is 16.2. The maximum atomic E-state index is 12.4. The number of nitrogens with one attached hydrogen (secondary N) is 2. The number of likely N-dealkylation sites (N-methyl/N-ethyl adjacent to an activating group) is 1. The van der Waals surface area contributed by atoms with Crippen LogP contribution in [0.2, 0.25) is 10.0 Å². The van der Waals surface area contributed by atoms with Crippen molar-refractivity contribution in [3.8, 4) is 0 Å². The first kappa shape index (κ1) is 26.4. The first-order valence-corrected chi connectivity index (χ1v) is 13.2. The normalized spacial score (nSPS) is 14.7. The van der Waals surface area contributed by atoms with E-state index < -0.39 is 15.9 Å². The lowest BCUT2D eigenvalue weighted by Crippen LogP contribution is -2.36. The number of hydrogen-bond donors (Lipinski definition) is 2. The van der Waals surface area contributed by atoms with Crippen LogP contribution in [0, 0.1) is 0 Å². The quantitative estimate of drug-likeness (QED) is 0.436. The number of ether oxygens (including phenoxy) is 1. The third-order valence-corrected chi connectivity index (χ3v) is 7.82. The third kappa shape index (κ3) is 6.93. The van der Waals surface area contributed by atoms with E-state index in [4.69, 9.17) is 27.9 Å². The molecule has 0 spiro atoms. The minimum Gasteiger partial charge on any atom is -0.367 e. The van der Waals surface area contributed by atoms with Crippen molar-refractivity contribution in [2.45, 2.75) is 24.5 Å². The zero-order chi connectivity index (χ0) is 24.7. The number of halogens is 2. The summed E-state index contributed by atoms with van der Waals surface area (Å²) in [7, 11) is -1.64. The second-order valence-corrected chi connectivity index (χ2v) is 10.6. The Morgan fingerprint density at radius 1 is 1.21 bits per heavy atom. The molecule has 0 aromatic heterocycles. The van der Waals surface area contributed by atoms with Crippen LogP contribution < -0.4 is 10.6 Å². The molecule has 0 radical (unpaired) electrons. The number of rotatable bonds is 11. The average Bonchev–Trinajstić information content (AvgIpc) is 3.24. The SMILES string of the molecule is CC(OCCNCS(=O)(=O)c1cccc(Cl)c1Cl)C(=O)NCc1ccc(C2=NCCN2C)cc1. The van der Waals surface area contributed by atoms with Gasteiger partial charge in [-0.05, 0) is 24.6 Å². The van der Waals surface area contributed by atoms with Crippen LogP contribution in [0.15, 0.2) is 52.4 Å². The van der Waals surface area contributed by atoms with Crippen molar-refractivity contribution in [2.75, 3.05) is 39.2 Å². The van der Waals surface area contributed by atoms with Gasteiger partial charge in [0.25, 0.3) is 0 Å². The largest absolute Gasteiger partial charge is 0.367 e. The number of hydrogen-bond acceptors (Lipinski definition) is 7. The van der Waals surface area contributed by atoms with Crippen molar-refractivity contribution in [1.29, 1.82) is 0 Å². The zero-order valence-corrected chi connectivity index (χ0v) is 21.4. The highest BCUT2D eigenvalue weighted by Gasteiger charge is 2.19. The lowest BCUT2D eigenvalue weighted by molar-refractivity contribution is -0.131. The lowest BCUT2D eigenvalue weighted by atomic mass is 10.1. The molecule has 1 aliphatic heterocycles. The van der Waals surface area contributed by atoms with Gasteiger partial charge in [0.05, 0.1) is 28.1 Å². The molecule has 2 N–H and O–H groups in total. The lowest BCUT2D eigenvalue weighted by Gasteiger charge is -2.15. The number of aliphatic imine (C=N–C) groups is 1. The van der Waals surface area contributed by atoms with Crippen LogP contribution in [0.1, 0.15) is 18.1 Å². The maximum Gasteiger partial charge on any atom is 0.249 e. The molecular weight excluding hydrogens is 499 g/mol. The van der Waals surface area contributed by atoms with Crippen molar-refractivity contribution in [3.05, 3.63) is 63.6 Å². The summed E-state index contributed by atoms with van der Waals surface area (Å²) in [4.78, 5) is 18.9. The van der Waals surface area contributed by atoms with Gasteiger partial charge in [0, 0.05) is 32.2 Å². The molecule has 3 rings (SSSR count). The minimum atomic E-state index is -3.65. The van der Waals surface area contributed by atoms with Crippen LogP contribution in [0.25, 0.3) is 0 Å². The highest BCUT2D eigenvalue weighted by Crippen LogP contribution is 2.29. The topological polar surface area (TPSA) is 100 Å². The minimum absolute atomic E-state index is 0.00165. The molecule has 0 saturated heterocycles. The highest BCUT2D eigenvalue weighted by molar-refractivity contribution is 7.91. The van der Waals surface area contributed by atoms with E-state index in [0.717, 1.165) is 30.1 Å². The van der Waals surface area contributed by atoms with Gasteiger partial charge >= 0.3 is 0 Å². The first-order valence-electron chi connectivity index (χ1n) is 10.8. The van der Waals surface area contributed by atoms with E-state index in [2.05, 4.69) is 20.5 Å². The van der Waals surface area contributed by atoms with Crippen LogP contribution in [0.5, 0.6) is 0 Å². The summed E-state index contributed by atoms with van der Waals surface area (Å²) >= 11 is 11.9. The van der Waals surface area contributed by atoms with E-state index in [0.29, 0.717) is 6.54 Å². The number of carbonyl (C=O) groups excluding carboxylic acids is 1. The molecule has 1 aliphatic rings. The van der Waals surface area contributed by atoms with Gasteiger partial charge in [0.2, 0.25) is 5.91 Å². The van der Waals surface area contributed by atoms with Gasteiger partial charge in [-0.2, -0.15) is 0 Å². The summed E-state index contributed by atoms with van der Waals surface area (Å²) < 4.78 is 30.4. The van der Waals surface area contributed by atoms with Crippen molar-refractivity contribution < 1.29 is 17.9 Å². The van der Waals surface area contributed by atoms with Gasteiger partial charge in [-0.1, -0.05) is 53.5 Å². The number of benzene rings is 2. The van der Waals surface area contributed by atoms with E-state index in [9.17, 15) is 13.2 Å². The standard InChI is InChI=1S/C23H28Cl2N4O4S/c1-16(33-13-11-26-15-34(31,32)20-5-3-4-19(24)21(20)25)23(30)28-14-17-6-8-18(9-7-17)22-27-10-12-29(22)2/h3-9,16,26H,10-15H2,1-2H3,(H,28,30). The molecule has 11 heteroatoms. The number of amidine groups is 1. The third-order valence-electron chi connectivity index (χ3n) is 5.30. The molecule has 0 aliphatic carbocycles. The highest BCUT2D eigenvalue weighted by atomic mass is 35.5. The van der Waals surface area contributed by atoms with Gasteiger partial charge in [-0.3, -0.25) is 9.79 Å².